The molecular weight excluding hydrogens is 299 g/mol. The maximum Gasteiger partial charge on any atom is 0.266 e. The molecule has 0 spiro atoms. The number of rotatable bonds is 4. The molecule has 0 aliphatic rings. The number of pyridine rings is 1. The Labute approximate surface area is 126 Å². The van der Waals surface area contributed by atoms with Gasteiger partial charge >= 0.3 is 0 Å². The largest absolute Gasteiger partial charge is 0.481 e. The Morgan fingerprint density at radius 1 is 1.25 bits per heavy atom. The van der Waals surface area contributed by atoms with Gasteiger partial charge in [-0.2, -0.15) is 0 Å². The number of nitrogens with one attached hydrogen (secondary N) is 1. The van der Waals surface area contributed by atoms with Crippen molar-refractivity contribution >= 4 is 34.9 Å². The number of amides is 1. The van der Waals surface area contributed by atoms with Crippen LogP contribution in [-0.4, -0.2) is 17.0 Å². The van der Waals surface area contributed by atoms with Crippen LogP contribution in [-0.2, 0) is 4.79 Å². The van der Waals surface area contributed by atoms with Crippen LogP contribution in [0, 0.1) is 0 Å². The van der Waals surface area contributed by atoms with Crippen LogP contribution in [0.3, 0.4) is 0 Å². The fourth-order valence-electron chi connectivity index (χ4n) is 1.50. The van der Waals surface area contributed by atoms with Gasteiger partial charge in [0.2, 0.25) is 0 Å². The molecule has 0 fully saturated rings. The van der Waals surface area contributed by atoms with E-state index in [1.165, 1.54) is 6.20 Å². The molecular formula is C14H12Cl2N2O2. The molecule has 0 aliphatic carbocycles. The molecule has 1 aromatic carbocycles. The Hall–Kier alpha value is -1.78. The normalized spacial score (nSPS) is 11.8. The van der Waals surface area contributed by atoms with Gasteiger partial charge in [0.25, 0.3) is 5.91 Å². The Morgan fingerprint density at radius 3 is 2.70 bits per heavy atom. The van der Waals surface area contributed by atoms with E-state index in [0.717, 1.165) is 0 Å². The zero-order chi connectivity index (χ0) is 14.5. The average molecular weight is 311 g/mol. The molecule has 20 heavy (non-hydrogen) atoms. The first kappa shape index (κ1) is 14.6. The molecule has 104 valence electrons. The van der Waals surface area contributed by atoms with Gasteiger partial charge in [-0.15, -0.1) is 0 Å². The lowest BCUT2D eigenvalue weighted by Gasteiger charge is -2.14. The van der Waals surface area contributed by atoms with Crippen molar-refractivity contribution < 1.29 is 9.53 Å². The first-order valence-electron chi connectivity index (χ1n) is 5.89. The van der Waals surface area contributed by atoms with E-state index in [1.807, 2.05) is 0 Å². The van der Waals surface area contributed by atoms with E-state index >= 15 is 0 Å². The lowest BCUT2D eigenvalue weighted by molar-refractivity contribution is -0.122. The Kier molecular flexibility index (Phi) is 4.82. The van der Waals surface area contributed by atoms with E-state index in [-0.39, 0.29) is 5.91 Å². The number of nitrogens with zero attached hydrogens (tertiary/aromatic N) is 1. The SMILES string of the molecule is CC(Oc1cccc(Cl)c1)C(=O)Nc1cc(Cl)ccn1. The number of hydrogen-bond donors (Lipinski definition) is 1. The topological polar surface area (TPSA) is 51.2 Å². The Bertz CT molecular complexity index is 620. The van der Waals surface area contributed by atoms with Crippen molar-refractivity contribution in [3.05, 3.63) is 52.6 Å². The molecule has 1 heterocycles. The molecule has 6 heteroatoms. The highest BCUT2D eigenvalue weighted by atomic mass is 35.5. The Balaban J connectivity index is 1.98. The fraction of sp³-hybridized carbons (Fsp3) is 0.143. The molecule has 1 N–H and O–H groups in total. The molecule has 1 unspecified atom stereocenters. The highest BCUT2D eigenvalue weighted by molar-refractivity contribution is 6.31. The van der Waals surface area contributed by atoms with Gasteiger partial charge in [0, 0.05) is 16.2 Å². The van der Waals surface area contributed by atoms with Crippen molar-refractivity contribution in [1.82, 2.24) is 4.98 Å². The molecule has 0 radical (unpaired) electrons. The maximum absolute atomic E-state index is 12.0. The summed E-state index contributed by atoms with van der Waals surface area (Å²) in [7, 11) is 0. The van der Waals surface area contributed by atoms with Crippen LogP contribution in [0.5, 0.6) is 5.75 Å². The molecule has 0 bridgehead atoms. The summed E-state index contributed by atoms with van der Waals surface area (Å²) in [6.07, 6.45) is 0.828. The van der Waals surface area contributed by atoms with Crippen LogP contribution >= 0.6 is 23.2 Å². The summed E-state index contributed by atoms with van der Waals surface area (Å²) in [5, 5.41) is 3.67. The number of anilines is 1. The summed E-state index contributed by atoms with van der Waals surface area (Å²) in [5.74, 6) is 0.586. The second-order valence-corrected chi connectivity index (χ2v) is 4.94. The summed E-state index contributed by atoms with van der Waals surface area (Å²) in [4.78, 5) is 16.0. The fourth-order valence-corrected chi connectivity index (χ4v) is 1.84. The number of carbonyl (C=O) groups excluding carboxylic acids is 1. The first-order chi connectivity index (χ1) is 9.54. The number of halogens is 2. The van der Waals surface area contributed by atoms with Gasteiger partial charge in [-0.25, -0.2) is 4.98 Å². The molecule has 0 saturated heterocycles. The zero-order valence-corrected chi connectivity index (χ0v) is 12.2. The van der Waals surface area contributed by atoms with Crippen molar-refractivity contribution in [3.63, 3.8) is 0 Å². The van der Waals surface area contributed by atoms with E-state index in [9.17, 15) is 4.79 Å². The lowest BCUT2D eigenvalue weighted by Crippen LogP contribution is -2.30. The predicted octanol–water partition coefficient (Wildman–Crippen LogP) is 3.79. The molecule has 2 aromatic rings. The van der Waals surface area contributed by atoms with Crippen molar-refractivity contribution in [2.75, 3.05) is 5.32 Å². The standard InChI is InChI=1S/C14H12Cl2N2O2/c1-9(20-12-4-2-3-10(15)7-12)14(19)18-13-8-11(16)5-6-17-13/h2-9H,1H3,(H,17,18,19). The summed E-state index contributed by atoms with van der Waals surface area (Å²) in [5.41, 5.74) is 0. The molecule has 0 aliphatic heterocycles. The van der Waals surface area contributed by atoms with Crippen LogP contribution in [0.25, 0.3) is 0 Å². The zero-order valence-electron chi connectivity index (χ0n) is 10.6. The van der Waals surface area contributed by atoms with E-state index < -0.39 is 6.10 Å². The van der Waals surface area contributed by atoms with Gasteiger partial charge in [-0.05, 0) is 37.3 Å². The highest BCUT2D eigenvalue weighted by Gasteiger charge is 2.15. The molecule has 1 atom stereocenters. The molecule has 2 rings (SSSR count). The number of aromatic nitrogens is 1. The van der Waals surface area contributed by atoms with Gasteiger partial charge in [-0.1, -0.05) is 29.3 Å². The summed E-state index contributed by atoms with van der Waals surface area (Å²) < 4.78 is 5.50. The molecule has 1 amide bonds. The lowest BCUT2D eigenvalue weighted by atomic mass is 10.3. The summed E-state index contributed by atoms with van der Waals surface area (Å²) in [6, 6.07) is 10.0. The first-order valence-corrected chi connectivity index (χ1v) is 6.65. The van der Waals surface area contributed by atoms with Crippen molar-refractivity contribution in [3.8, 4) is 5.75 Å². The second kappa shape index (κ2) is 6.59. The summed E-state index contributed by atoms with van der Waals surface area (Å²) >= 11 is 11.7. The predicted molar refractivity (Wildman–Crippen MR) is 79.4 cm³/mol. The van der Waals surface area contributed by atoms with Crippen LogP contribution in [0.1, 0.15) is 6.92 Å². The smallest absolute Gasteiger partial charge is 0.266 e. The minimum Gasteiger partial charge on any atom is -0.481 e. The summed E-state index contributed by atoms with van der Waals surface area (Å²) in [6.45, 7) is 1.64. The average Bonchev–Trinajstić information content (AvgIpc) is 2.38. The monoisotopic (exact) mass is 310 g/mol. The minimum absolute atomic E-state index is 0.320. The van der Waals surface area contributed by atoms with Crippen LogP contribution in [0.2, 0.25) is 10.0 Å². The Morgan fingerprint density at radius 2 is 2.00 bits per heavy atom. The number of hydrogen-bond acceptors (Lipinski definition) is 3. The quantitative estimate of drug-likeness (QED) is 0.934. The van der Waals surface area contributed by atoms with Gasteiger partial charge in [-0.3, -0.25) is 4.79 Å². The molecule has 0 saturated carbocycles. The molecule has 1 aromatic heterocycles. The third-order valence-electron chi connectivity index (χ3n) is 2.45. The van der Waals surface area contributed by atoms with Gasteiger partial charge in [0.05, 0.1) is 0 Å². The maximum atomic E-state index is 12.0. The number of ether oxygens (including phenoxy) is 1. The van der Waals surface area contributed by atoms with Gasteiger partial charge in [0.15, 0.2) is 6.10 Å². The minimum atomic E-state index is -0.686. The van der Waals surface area contributed by atoms with Crippen LogP contribution in [0.4, 0.5) is 5.82 Å². The molecule has 4 nitrogen and oxygen atoms in total. The van der Waals surface area contributed by atoms with E-state index in [2.05, 4.69) is 10.3 Å². The second-order valence-electron chi connectivity index (χ2n) is 4.07. The van der Waals surface area contributed by atoms with E-state index in [1.54, 1.807) is 43.3 Å². The van der Waals surface area contributed by atoms with Crippen molar-refractivity contribution in [1.29, 1.82) is 0 Å². The third kappa shape index (κ3) is 4.11. The number of carbonyl (C=O) groups is 1. The van der Waals surface area contributed by atoms with E-state index in [0.29, 0.717) is 21.6 Å². The van der Waals surface area contributed by atoms with Gasteiger partial charge in [0.1, 0.15) is 11.6 Å². The highest BCUT2D eigenvalue weighted by Crippen LogP contribution is 2.19. The van der Waals surface area contributed by atoms with Crippen LogP contribution < -0.4 is 10.1 Å². The van der Waals surface area contributed by atoms with Gasteiger partial charge < -0.3 is 10.1 Å². The van der Waals surface area contributed by atoms with E-state index in [4.69, 9.17) is 27.9 Å². The van der Waals surface area contributed by atoms with Crippen LogP contribution in [0.15, 0.2) is 42.6 Å². The third-order valence-corrected chi connectivity index (χ3v) is 2.92. The number of benzene rings is 1. The van der Waals surface area contributed by atoms with Crippen molar-refractivity contribution in [2.45, 2.75) is 13.0 Å². The van der Waals surface area contributed by atoms with Crippen molar-refractivity contribution in [2.24, 2.45) is 0 Å².